The van der Waals surface area contributed by atoms with Crippen molar-refractivity contribution >= 4 is 5.97 Å². The minimum Gasteiger partial charge on any atom is -0.489 e. The number of carbonyl (C=O) groups is 1. The van der Waals surface area contributed by atoms with Gasteiger partial charge in [0.15, 0.2) is 0 Å². The van der Waals surface area contributed by atoms with Crippen LogP contribution in [0.5, 0.6) is 5.75 Å². The third-order valence-electron chi connectivity index (χ3n) is 5.53. The molecule has 6 nitrogen and oxygen atoms in total. The number of nitrogens with zero attached hydrogens (tertiary/aromatic N) is 3. The Balaban J connectivity index is 1.47. The van der Waals surface area contributed by atoms with Gasteiger partial charge in [-0.15, -0.1) is 0 Å². The molecule has 3 aromatic carbocycles. The molecule has 1 aliphatic carbocycles. The van der Waals surface area contributed by atoms with E-state index >= 15 is 0 Å². The summed E-state index contributed by atoms with van der Waals surface area (Å²) in [7, 11) is 0. The average Bonchev–Trinajstić information content (AvgIpc) is 3.60. The summed E-state index contributed by atoms with van der Waals surface area (Å²) < 4.78 is 5.93. The van der Waals surface area contributed by atoms with E-state index < -0.39 is 17.4 Å². The molecule has 1 atom stereocenters. The van der Waals surface area contributed by atoms with E-state index in [1.165, 1.54) is 0 Å². The predicted octanol–water partition coefficient (Wildman–Crippen LogP) is 5.78. The van der Waals surface area contributed by atoms with Crippen molar-refractivity contribution in [3.05, 3.63) is 112 Å². The largest absolute Gasteiger partial charge is 0.489 e. The minimum absolute atomic E-state index is 0.362. The summed E-state index contributed by atoms with van der Waals surface area (Å²) in [6.07, 6.45) is 1.39. The van der Waals surface area contributed by atoms with Crippen LogP contribution in [0, 0.1) is 0 Å². The van der Waals surface area contributed by atoms with Crippen molar-refractivity contribution in [2.75, 3.05) is 0 Å². The molecule has 1 unspecified atom stereocenters. The lowest BCUT2D eigenvalue weighted by molar-refractivity contribution is -0.140. The summed E-state index contributed by atoms with van der Waals surface area (Å²) in [6.45, 7) is 0.362. The van der Waals surface area contributed by atoms with Crippen LogP contribution in [0.1, 0.15) is 41.1 Å². The zero-order valence-electron chi connectivity index (χ0n) is 16.3. The molecule has 4 rings (SSSR count). The molecular formula is C24H21N3O3. The van der Waals surface area contributed by atoms with Crippen molar-refractivity contribution in [1.29, 1.82) is 0 Å². The fraction of sp³-hybridized carbons (Fsp3) is 0.208. The Labute approximate surface area is 174 Å². The van der Waals surface area contributed by atoms with Gasteiger partial charge in [-0.1, -0.05) is 71.8 Å². The Hall–Kier alpha value is -3.76. The number of ether oxygens (including phenoxy) is 1. The molecule has 1 saturated carbocycles. The number of carboxylic acids is 1. The first-order chi connectivity index (χ1) is 14.6. The quantitative estimate of drug-likeness (QED) is 0.295. The van der Waals surface area contributed by atoms with Gasteiger partial charge in [0.05, 0.1) is 11.5 Å². The number of rotatable bonds is 8. The number of azide groups is 1. The van der Waals surface area contributed by atoms with E-state index in [9.17, 15) is 9.90 Å². The number of hydrogen-bond acceptors (Lipinski definition) is 3. The van der Waals surface area contributed by atoms with Crippen molar-refractivity contribution in [2.24, 2.45) is 5.11 Å². The molecule has 0 aliphatic heterocycles. The summed E-state index contributed by atoms with van der Waals surface area (Å²) in [6, 6.07) is 24.3. The van der Waals surface area contributed by atoms with Crippen LogP contribution < -0.4 is 4.74 Å². The van der Waals surface area contributed by atoms with Gasteiger partial charge in [-0.3, -0.25) is 4.79 Å². The van der Waals surface area contributed by atoms with E-state index in [1.807, 2.05) is 78.9 Å². The number of carboxylic acid groups (broad SMARTS) is 1. The maximum Gasteiger partial charge on any atom is 0.314 e. The number of hydrogen-bond donors (Lipinski definition) is 1. The smallest absolute Gasteiger partial charge is 0.314 e. The van der Waals surface area contributed by atoms with Gasteiger partial charge in [-0.05, 0) is 52.8 Å². The van der Waals surface area contributed by atoms with Crippen molar-refractivity contribution < 1.29 is 14.6 Å². The summed E-state index contributed by atoms with van der Waals surface area (Å²) in [4.78, 5) is 14.5. The lowest BCUT2D eigenvalue weighted by Crippen LogP contribution is -2.19. The zero-order chi connectivity index (χ0) is 21.0. The second-order valence-corrected chi connectivity index (χ2v) is 7.46. The van der Waals surface area contributed by atoms with Crippen molar-refractivity contribution in [3.8, 4) is 5.75 Å². The molecule has 0 radical (unpaired) electrons. The van der Waals surface area contributed by atoms with E-state index in [0.29, 0.717) is 25.2 Å². The van der Waals surface area contributed by atoms with Gasteiger partial charge in [0.2, 0.25) is 0 Å². The van der Waals surface area contributed by atoms with Gasteiger partial charge in [0, 0.05) is 4.91 Å². The fourth-order valence-electron chi connectivity index (χ4n) is 3.62. The first-order valence-electron chi connectivity index (χ1n) is 9.77. The second-order valence-electron chi connectivity index (χ2n) is 7.46. The van der Waals surface area contributed by atoms with Crippen LogP contribution in [0.25, 0.3) is 10.4 Å². The molecule has 1 aliphatic rings. The van der Waals surface area contributed by atoms with E-state index in [1.54, 1.807) is 0 Å². The SMILES string of the molecule is [N-]=[N+]=NC(c1ccccc1)c1cccc(OCc2ccc(C3(C(=O)O)CC3)cc2)c1. The van der Waals surface area contributed by atoms with Crippen molar-refractivity contribution in [1.82, 2.24) is 0 Å². The molecule has 0 amide bonds. The van der Waals surface area contributed by atoms with Crippen LogP contribution in [0.2, 0.25) is 0 Å². The highest BCUT2D eigenvalue weighted by atomic mass is 16.5. The van der Waals surface area contributed by atoms with Crippen LogP contribution in [-0.2, 0) is 16.8 Å². The van der Waals surface area contributed by atoms with Gasteiger partial charge in [0.25, 0.3) is 0 Å². The molecule has 30 heavy (non-hydrogen) atoms. The normalized spacial score (nSPS) is 14.9. The van der Waals surface area contributed by atoms with Crippen LogP contribution in [-0.4, -0.2) is 11.1 Å². The first kappa shape index (κ1) is 19.6. The highest BCUT2D eigenvalue weighted by molar-refractivity contribution is 5.84. The molecular weight excluding hydrogens is 378 g/mol. The standard InChI is InChI=1S/C24H21N3O3/c25-27-26-22(18-5-2-1-3-6-18)19-7-4-8-21(15-19)30-16-17-9-11-20(12-10-17)24(13-14-24)23(28)29/h1-12,15,22H,13-14,16H2,(H,28,29). The van der Waals surface area contributed by atoms with Crippen molar-refractivity contribution in [3.63, 3.8) is 0 Å². The average molecular weight is 399 g/mol. The number of aliphatic carboxylic acids is 1. The number of benzene rings is 3. The van der Waals surface area contributed by atoms with E-state index in [4.69, 9.17) is 10.3 Å². The van der Waals surface area contributed by atoms with E-state index in [2.05, 4.69) is 10.0 Å². The fourth-order valence-corrected chi connectivity index (χ4v) is 3.62. The zero-order valence-corrected chi connectivity index (χ0v) is 16.3. The monoisotopic (exact) mass is 399 g/mol. The lowest BCUT2D eigenvalue weighted by atomic mass is 9.95. The molecule has 1 N–H and O–H groups in total. The Bertz CT molecular complexity index is 1090. The van der Waals surface area contributed by atoms with Crippen LogP contribution in [0.3, 0.4) is 0 Å². The molecule has 0 bridgehead atoms. The molecule has 150 valence electrons. The van der Waals surface area contributed by atoms with Gasteiger partial charge >= 0.3 is 5.97 Å². The first-order valence-corrected chi connectivity index (χ1v) is 9.77. The summed E-state index contributed by atoms with van der Waals surface area (Å²) in [5.74, 6) is -0.0776. The van der Waals surface area contributed by atoms with Crippen molar-refractivity contribution in [2.45, 2.75) is 30.9 Å². The van der Waals surface area contributed by atoms with Gasteiger partial charge < -0.3 is 9.84 Å². The Morgan fingerprint density at radius 3 is 2.37 bits per heavy atom. The summed E-state index contributed by atoms with van der Waals surface area (Å²) in [5.41, 5.74) is 11.9. The molecule has 3 aromatic rings. The molecule has 0 saturated heterocycles. The Morgan fingerprint density at radius 2 is 1.73 bits per heavy atom. The van der Waals surface area contributed by atoms with Crippen LogP contribution >= 0.6 is 0 Å². The topological polar surface area (TPSA) is 95.3 Å². The lowest BCUT2D eigenvalue weighted by Gasteiger charge is -2.14. The Morgan fingerprint density at radius 1 is 1.03 bits per heavy atom. The molecule has 0 aromatic heterocycles. The third-order valence-corrected chi connectivity index (χ3v) is 5.53. The molecule has 6 heteroatoms. The highest BCUT2D eigenvalue weighted by Gasteiger charge is 2.51. The van der Waals surface area contributed by atoms with E-state index in [-0.39, 0.29) is 0 Å². The Kier molecular flexibility index (Phi) is 5.42. The van der Waals surface area contributed by atoms with E-state index in [0.717, 1.165) is 22.3 Å². The maximum absolute atomic E-state index is 11.5. The van der Waals surface area contributed by atoms with Gasteiger partial charge in [0.1, 0.15) is 12.4 Å². The van der Waals surface area contributed by atoms with Gasteiger partial charge in [-0.25, -0.2) is 0 Å². The minimum atomic E-state index is -0.753. The van der Waals surface area contributed by atoms with Crippen LogP contribution in [0.15, 0.2) is 84.0 Å². The van der Waals surface area contributed by atoms with Crippen LogP contribution in [0.4, 0.5) is 0 Å². The van der Waals surface area contributed by atoms with Gasteiger partial charge in [-0.2, -0.15) is 0 Å². The second kappa shape index (κ2) is 8.31. The molecule has 0 heterocycles. The summed E-state index contributed by atoms with van der Waals surface area (Å²) >= 11 is 0. The third kappa shape index (κ3) is 4.00. The maximum atomic E-state index is 11.5. The summed E-state index contributed by atoms with van der Waals surface area (Å²) in [5, 5.41) is 13.4. The predicted molar refractivity (Wildman–Crippen MR) is 113 cm³/mol. The highest BCUT2D eigenvalue weighted by Crippen LogP contribution is 2.48. The molecule has 1 fully saturated rings. The molecule has 0 spiro atoms.